The van der Waals surface area contributed by atoms with Crippen molar-refractivity contribution in [2.75, 3.05) is 29.9 Å². The van der Waals surface area contributed by atoms with E-state index in [1.807, 2.05) is 43.7 Å². The minimum absolute atomic E-state index is 0.0299. The average Bonchev–Trinajstić information content (AvgIpc) is 3.66. The normalized spacial score (nSPS) is 16.7. The number of carbonyl (C=O) groups excluding carboxylic acids is 1. The van der Waals surface area contributed by atoms with Gasteiger partial charge in [-0.05, 0) is 55.0 Å². The van der Waals surface area contributed by atoms with Crippen molar-refractivity contribution in [1.82, 2.24) is 29.4 Å². The fraction of sp³-hybridized carbons (Fsp3) is 0.312. The third-order valence-electron chi connectivity index (χ3n) is 9.09. The number of Topliss-reactive ketones (excluding diaryl/α,β-unsaturated/α-hetero) is 1. The minimum atomic E-state index is -0.412. The molecule has 7 rings (SSSR count). The number of rotatable bonds is 6. The molecule has 1 atom stereocenters. The second-order valence-corrected chi connectivity index (χ2v) is 11.7. The summed E-state index contributed by atoms with van der Waals surface area (Å²) in [4.78, 5) is 25.3. The molecule has 2 fully saturated rings. The average molecular weight is 576 g/mol. The predicted octanol–water partition coefficient (Wildman–Crippen LogP) is 5.13. The molecular weight excluding hydrogens is 545 g/mol. The molecule has 0 unspecified atom stereocenters. The smallest absolute Gasteiger partial charge is 0.161 e. The molecule has 216 valence electrons. The molecule has 0 aromatic carbocycles. The lowest BCUT2D eigenvalue weighted by molar-refractivity contribution is -0.133. The van der Waals surface area contributed by atoms with Crippen molar-refractivity contribution in [3.05, 3.63) is 84.5 Å². The van der Waals surface area contributed by atoms with Crippen molar-refractivity contribution >= 4 is 22.8 Å². The summed E-state index contributed by atoms with van der Waals surface area (Å²) >= 11 is 0. The summed E-state index contributed by atoms with van der Waals surface area (Å²) in [6.07, 6.45) is 13.1. The van der Waals surface area contributed by atoms with E-state index in [0.717, 1.165) is 78.7 Å². The van der Waals surface area contributed by atoms with Crippen molar-refractivity contribution in [1.29, 1.82) is 5.26 Å². The number of hydrogen-bond acceptors (Lipinski definition) is 8. The Morgan fingerprint density at radius 2 is 1.84 bits per heavy atom. The lowest BCUT2D eigenvalue weighted by Gasteiger charge is -2.47. The standard InChI is InChI=1S/C32H30FN9O/c1-21(22-3-6-30(36-15-22)41-19-25(33)18-38-41)39(2)29-5-4-23(16-35-29)28-11-26(20-42-31(28)24(14-34)17-37-42)40-9-7-32(8-10-40)12-27(43)13-32/h3-6,11,15-21H,7-10,12-13H2,1-2H3/t21-/m0/s1. The maximum atomic E-state index is 13.3. The zero-order valence-corrected chi connectivity index (χ0v) is 24.0. The number of nitriles is 1. The number of hydrogen-bond donors (Lipinski definition) is 0. The van der Waals surface area contributed by atoms with Gasteiger partial charge in [-0.3, -0.25) is 4.79 Å². The lowest BCUT2D eigenvalue weighted by atomic mass is 9.62. The molecule has 0 radical (unpaired) electrons. The van der Waals surface area contributed by atoms with Gasteiger partial charge in [0.05, 0.1) is 47.6 Å². The monoisotopic (exact) mass is 575 g/mol. The number of ketones is 1. The van der Waals surface area contributed by atoms with Crippen LogP contribution in [0, 0.1) is 22.6 Å². The fourth-order valence-electron chi connectivity index (χ4n) is 6.34. The van der Waals surface area contributed by atoms with Crippen molar-refractivity contribution in [3.8, 4) is 23.0 Å². The summed E-state index contributed by atoms with van der Waals surface area (Å²) in [6.45, 7) is 3.85. The topological polar surface area (TPSA) is 108 Å². The van der Waals surface area contributed by atoms with Crippen LogP contribution < -0.4 is 9.80 Å². The van der Waals surface area contributed by atoms with Crippen molar-refractivity contribution in [2.24, 2.45) is 5.41 Å². The molecule has 0 N–H and O–H groups in total. The molecule has 10 nitrogen and oxygen atoms in total. The van der Waals surface area contributed by atoms with Gasteiger partial charge >= 0.3 is 0 Å². The van der Waals surface area contributed by atoms with Gasteiger partial charge < -0.3 is 9.80 Å². The Balaban J connectivity index is 1.14. The molecule has 6 heterocycles. The number of carbonyl (C=O) groups is 1. The Kier molecular flexibility index (Phi) is 6.42. The van der Waals surface area contributed by atoms with Crippen LogP contribution in [0.2, 0.25) is 0 Å². The van der Waals surface area contributed by atoms with Gasteiger partial charge in [-0.1, -0.05) is 6.07 Å². The van der Waals surface area contributed by atoms with Gasteiger partial charge in [0, 0.05) is 56.5 Å². The first-order chi connectivity index (χ1) is 20.8. The van der Waals surface area contributed by atoms with Crippen LogP contribution in [0.4, 0.5) is 15.9 Å². The van der Waals surface area contributed by atoms with E-state index in [2.05, 4.69) is 44.0 Å². The Hall–Kier alpha value is -5.11. The highest BCUT2D eigenvalue weighted by Gasteiger charge is 2.45. The van der Waals surface area contributed by atoms with Gasteiger partial charge in [0.2, 0.25) is 0 Å². The van der Waals surface area contributed by atoms with Crippen molar-refractivity contribution in [3.63, 3.8) is 0 Å². The van der Waals surface area contributed by atoms with Gasteiger partial charge in [-0.15, -0.1) is 0 Å². The predicted molar refractivity (Wildman–Crippen MR) is 159 cm³/mol. The van der Waals surface area contributed by atoms with Crippen LogP contribution in [-0.2, 0) is 4.79 Å². The summed E-state index contributed by atoms with van der Waals surface area (Å²) in [5.74, 6) is 1.29. The van der Waals surface area contributed by atoms with Crippen molar-refractivity contribution in [2.45, 2.75) is 38.6 Å². The Labute approximate surface area is 248 Å². The number of fused-ring (bicyclic) bond motifs is 1. The zero-order chi connectivity index (χ0) is 29.7. The molecule has 11 heteroatoms. The Bertz CT molecular complexity index is 1850. The molecule has 0 bridgehead atoms. The highest BCUT2D eigenvalue weighted by molar-refractivity contribution is 5.87. The van der Waals surface area contributed by atoms with Crippen LogP contribution in [0.15, 0.2) is 67.5 Å². The Morgan fingerprint density at radius 3 is 2.47 bits per heavy atom. The molecule has 1 spiro atoms. The molecule has 2 aliphatic rings. The second-order valence-electron chi connectivity index (χ2n) is 11.7. The molecular formula is C32H30FN9O. The van der Waals surface area contributed by atoms with E-state index in [9.17, 15) is 14.4 Å². The summed E-state index contributed by atoms with van der Waals surface area (Å²) < 4.78 is 16.5. The van der Waals surface area contributed by atoms with E-state index in [4.69, 9.17) is 4.98 Å². The number of nitrogens with zero attached hydrogens (tertiary/aromatic N) is 9. The molecule has 1 aliphatic heterocycles. The lowest BCUT2D eigenvalue weighted by Crippen LogP contribution is -2.47. The van der Waals surface area contributed by atoms with E-state index >= 15 is 0 Å². The van der Waals surface area contributed by atoms with E-state index in [1.165, 1.54) is 10.9 Å². The largest absolute Gasteiger partial charge is 0.370 e. The molecule has 1 saturated heterocycles. The van der Waals surface area contributed by atoms with Crippen LogP contribution >= 0.6 is 0 Å². The van der Waals surface area contributed by atoms with Gasteiger partial charge in [0.25, 0.3) is 0 Å². The summed E-state index contributed by atoms with van der Waals surface area (Å²) in [7, 11) is 1.98. The van der Waals surface area contributed by atoms with E-state index < -0.39 is 5.82 Å². The first-order valence-corrected chi connectivity index (χ1v) is 14.4. The van der Waals surface area contributed by atoms with Crippen LogP contribution in [0.1, 0.15) is 49.8 Å². The quantitative estimate of drug-likeness (QED) is 0.274. The van der Waals surface area contributed by atoms with E-state index in [0.29, 0.717) is 17.2 Å². The number of pyridine rings is 3. The molecule has 1 aliphatic carbocycles. The van der Waals surface area contributed by atoms with Crippen LogP contribution in [-0.4, -0.2) is 55.3 Å². The third-order valence-corrected chi connectivity index (χ3v) is 9.09. The number of halogens is 1. The fourth-order valence-corrected chi connectivity index (χ4v) is 6.34. The molecule has 5 aromatic rings. The highest BCUT2D eigenvalue weighted by atomic mass is 19.1. The first kappa shape index (κ1) is 26.8. The van der Waals surface area contributed by atoms with Crippen LogP contribution in [0.3, 0.4) is 0 Å². The third kappa shape index (κ3) is 4.78. The number of aromatic nitrogens is 6. The highest BCUT2D eigenvalue weighted by Crippen LogP contribution is 2.47. The second kappa shape index (κ2) is 10.3. The molecule has 1 saturated carbocycles. The Morgan fingerprint density at radius 1 is 1.02 bits per heavy atom. The summed E-state index contributed by atoms with van der Waals surface area (Å²) in [5.41, 5.74) is 5.27. The summed E-state index contributed by atoms with van der Waals surface area (Å²) in [5, 5.41) is 18.3. The van der Waals surface area contributed by atoms with E-state index in [-0.39, 0.29) is 11.5 Å². The molecule has 5 aromatic heterocycles. The maximum absolute atomic E-state index is 13.3. The SMILES string of the molecule is C[C@@H](c1ccc(-n2cc(F)cn2)nc1)N(C)c1ccc(-c2cc(N3CCC4(CC3)CC(=O)C4)cn3ncc(C#N)c23)cn1. The maximum Gasteiger partial charge on any atom is 0.161 e. The molecule has 0 amide bonds. The van der Waals surface area contributed by atoms with Crippen LogP contribution in [0.25, 0.3) is 22.5 Å². The minimum Gasteiger partial charge on any atom is -0.370 e. The first-order valence-electron chi connectivity index (χ1n) is 14.4. The van der Waals surface area contributed by atoms with Crippen LogP contribution in [0.5, 0.6) is 0 Å². The molecule has 43 heavy (non-hydrogen) atoms. The van der Waals surface area contributed by atoms with E-state index in [1.54, 1.807) is 16.9 Å². The summed E-state index contributed by atoms with van der Waals surface area (Å²) in [6, 6.07) is 12.1. The van der Waals surface area contributed by atoms with Gasteiger partial charge in [-0.25, -0.2) is 23.6 Å². The van der Waals surface area contributed by atoms with Gasteiger partial charge in [-0.2, -0.15) is 15.5 Å². The van der Waals surface area contributed by atoms with Gasteiger partial charge in [0.1, 0.15) is 17.7 Å². The van der Waals surface area contributed by atoms with Crippen molar-refractivity contribution < 1.29 is 9.18 Å². The van der Waals surface area contributed by atoms with Gasteiger partial charge in [0.15, 0.2) is 11.6 Å². The zero-order valence-electron chi connectivity index (χ0n) is 24.0. The number of piperidine rings is 1. The number of anilines is 2.